The van der Waals surface area contributed by atoms with E-state index >= 15 is 0 Å². The molecule has 13 aliphatic rings. The van der Waals surface area contributed by atoms with Crippen molar-refractivity contribution in [1.82, 2.24) is 0 Å². The molecule has 0 atom stereocenters. The Hall–Kier alpha value is 1.26. The first kappa shape index (κ1) is 45.4. The molecule has 6 heterocycles. The highest BCUT2D eigenvalue weighted by Gasteiger charge is 2.87. The third-order valence-electron chi connectivity index (χ3n) is 18.3. The number of hydrogen-bond acceptors (Lipinski definition) is 12. The zero-order valence-electron chi connectivity index (χ0n) is 38.7. The van der Waals surface area contributed by atoms with Crippen LogP contribution >= 0.6 is 0 Å². The summed E-state index contributed by atoms with van der Waals surface area (Å²) < 4.78 is 102. The molecule has 6 saturated heterocycles. The molecule has 0 amide bonds. The van der Waals surface area contributed by atoms with Gasteiger partial charge in [-0.3, -0.25) is 0 Å². The van der Waals surface area contributed by atoms with Crippen LogP contribution in [0.15, 0.2) is 0 Å². The predicted molar refractivity (Wildman–Crippen MR) is 253 cm³/mol. The SMILES string of the molecule is C[Si]12O[Si]3(C4CCCCC4)O[Si]4(C5CCCCC5)O[Si](C5CCCCC5)(O1)O[Si]1(C5CCCCC5)O[Si](C5CCCCC5)(O2)O[Si](C2CCCCC2)(O3)O[Si](C2CCCCC2)(O4)O1. The molecule has 0 unspecified atom stereocenters. The summed E-state index contributed by atoms with van der Waals surface area (Å²) in [5.74, 6) is 0. The fraction of sp³-hybridized carbons (Fsp3) is 1.00. The maximum atomic E-state index is 8.62. The van der Waals surface area contributed by atoms with Crippen LogP contribution in [0.1, 0.15) is 225 Å². The average molecular weight is 1010 g/mol. The summed E-state index contributed by atoms with van der Waals surface area (Å²) in [5.41, 5.74) is 0.487. The lowest BCUT2D eigenvalue weighted by atomic mass is 10.0. The van der Waals surface area contributed by atoms with E-state index in [0.29, 0.717) is 0 Å². The Morgan fingerprint density at radius 1 is 0.190 bits per heavy atom. The predicted octanol–water partition coefficient (Wildman–Crippen LogP) is 12.7. The van der Waals surface area contributed by atoms with Crippen molar-refractivity contribution in [3.63, 3.8) is 0 Å². The van der Waals surface area contributed by atoms with Gasteiger partial charge in [-0.1, -0.05) is 135 Å². The summed E-state index contributed by atoms with van der Waals surface area (Å²) in [6, 6.07) is 0. The Balaban J connectivity index is 1.17. The molecular weight excluding hydrogens is 933 g/mol. The summed E-state index contributed by atoms with van der Waals surface area (Å²) in [6.07, 6.45) is 38.3. The van der Waals surface area contributed by atoms with E-state index in [1.54, 1.807) is 0 Å². The van der Waals surface area contributed by atoms with E-state index in [4.69, 9.17) is 49.4 Å². The van der Waals surface area contributed by atoms with Gasteiger partial charge < -0.3 is 49.4 Å². The molecule has 0 spiro atoms. The average Bonchev–Trinajstić information content (AvgIpc) is 3.30. The van der Waals surface area contributed by atoms with Crippen molar-refractivity contribution >= 4 is 70.4 Å². The highest BCUT2D eigenvalue weighted by atomic mass is 28.6. The summed E-state index contributed by atoms with van der Waals surface area (Å²) in [5, 5.41) is 0. The smallest absolute Gasteiger partial charge is 0.373 e. The monoisotopic (exact) mass is 1010 g/mol. The summed E-state index contributed by atoms with van der Waals surface area (Å²) >= 11 is 0. The lowest BCUT2D eigenvalue weighted by molar-refractivity contribution is -0.0500. The van der Waals surface area contributed by atoms with Crippen LogP contribution in [0.4, 0.5) is 0 Å². The summed E-state index contributed by atoms with van der Waals surface area (Å²) in [6.45, 7) is 2.17. The van der Waals surface area contributed by atoms with Gasteiger partial charge in [-0.2, -0.15) is 0 Å². The van der Waals surface area contributed by atoms with Crippen LogP contribution in [0, 0.1) is 0 Å². The third kappa shape index (κ3) is 8.09. The van der Waals surface area contributed by atoms with Crippen LogP contribution in [0.3, 0.4) is 0 Å². The lowest BCUT2D eigenvalue weighted by Crippen LogP contribution is -2.90. The molecule has 0 radical (unpaired) electrons. The van der Waals surface area contributed by atoms with Crippen LogP contribution in [-0.2, 0) is 49.4 Å². The Bertz CT molecular complexity index is 1420. The van der Waals surface area contributed by atoms with Gasteiger partial charge in [0, 0.05) is 45.3 Å². The first-order valence-corrected chi connectivity index (χ1v) is 42.0. The van der Waals surface area contributed by atoms with E-state index in [0.717, 1.165) is 180 Å². The Labute approximate surface area is 387 Å². The Morgan fingerprint density at radius 2 is 0.317 bits per heavy atom. The second kappa shape index (κ2) is 17.8. The van der Waals surface area contributed by atoms with Gasteiger partial charge in [-0.25, -0.2) is 0 Å². The minimum absolute atomic E-state index is 0.0662. The molecule has 0 N–H and O–H groups in total. The van der Waals surface area contributed by atoms with Crippen LogP contribution < -0.4 is 0 Å². The molecule has 8 bridgehead atoms. The molecule has 0 aromatic rings. The quantitative estimate of drug-likeness (QED) is 0.226. The van der Waals surface area contributed by atoms with Crippen LogP contribution in [0.2, 0.25) is 45.3 Å². The standard InChI is InChI=1S/C43H80O12Si8/c1-56-44-57(37-23-9-2-10-24-37)47-60(40-29-15-5-16-30-40)49-58(45-56,38-25-11-3-12-26-38)51-62(42-33-19-7-20-34-42)52-59(46-56,39-27-13-4-14-28-39)50-61(48-57,41-31-17-6-18-32-41)54-63(53-60,55-62)43-35-21-8-22-36-43/h37-43H,2-36H2,1H3. The lowest BCUT2D eigenvalue weighted by Gasteiger charge is -2.67. The van der Waals surface area contributed by atoms with E-state index in [1.165, 1.54) is 44.9 Å². The second-order valence-corrected chi connectivity index (χ2v) is 48.3. The van der Waals surface area contributed by atoms with Crippen LogP contribution in [-0.4, -0.2) is 70.4 Å². The van der Waals surface area contributed by atoms with E-state index < -0.39 is 70.4 Å². The van der Waals surface area contributed by atoms with Gasteiger partial charge in [-0.05, 0) is 89.9 Å². The Kier molecular flexibility index (Phi) is 12.8. The molecular formula is C43H80O12Si8. The summed E-state index contributed by atoms with van der Waals surface area (Å²) in [4.78, 5) is 0. The second-order valence-electron chi connectivity index (χ2n) is 22.7. The van der Waals surface area contributed by atoms with Crippen molar-refractivity contribution in [3.8, 4) is 0 Å². The topological polar surface area (TPSA) is 111 Å². The molecule has 13 fully saturated rings. The van der Waals surface area contributed by atoms with Gasteiger partial charge in [0.15, 0.2) is 0 Å². The molecule has 7 saturated carbocycles. The van der Waals surface area contributed by atoms with Crippen molar-refractivity contribution in [1.29, 1.82) is 0 Å². The van der Waals surface area contributed by atoms with Crippen molar-refractivity contribution in [2.24, 2.45) is 0 Å². The van der Waals surface area contributed by atoms with Crippen LogP contribution in [0.25, 0.3) is 0 Å². The highest BCUT2D eigenvalue weighted by Crippen LogP contribution is 2.65. The molecule has 356 valence electrons. The molecule has 0 aromatic carbocycles. The molecule has 0 aromatic heterocycles. The van der Waals surface area contributed by atoms with Crippen molar-refractivity contribution < 1.29 is 49.4 Å². The zero-order chi connectivity index (χ0) is 42.3. The Morgan fingerprint density at radius 3 is 0.460 bits per heavy atom. The van der Waals surface area contributed by atoms with Gasteiger partial charge in [0.1, 0.15) is 0 Å². The molecule has 13 rings (SSSR count). The normalized spacial score (nSPS) is 48.3. The minimum Gasteiger partial charge on any atom is -0.373 e. The van der Waals surface area contributed by atoms with Crippen LogP contribution in [0.5, 0.6) is 0 Å². The van der Waals surface area contributed by atoms with Crippen molar-refractivity contribution in [2.75, 3.05) is 0 Å². The molecule has 6 aliphatic heterocycles. The van der Waals surface area contributed by atoms with Gasteiger partial charge in [0.05, 0.1) is 0 Å². The fourth-order valence-corrected chi connectivity index (χ4v) is 70.3. The molecule has 12 nitrogen and oxygen atoms in total. The first-order valence-electron chi connectivity index (χ1n) is 27.1. The van der Waals surface area contributed by atoms with E-state index in [1.807, 2.05) is 0 Å². The van der Waals surface area contributed by atoms with E-state index in [9.17, 15) is 0 Å². The third-order valence-corrected chi connectivity index (χ3v) is 57.7. The van der Waals surface area contributed by atoms with Crippen molar-refractivity contribution in [2.45, 2.75) is 270 Å². The number of rotatable bonds is 7. The highest BCUT2D eigenvalue weighted by molar-refractivity contribution is 7.04. The maximum absolute atomic E-state index is 8.62. The molecule has 20 heteroatoms. The first-order chi connectivity index (χ1) is 30.7. The largest absolute Gasteiger partial charge is 0.482 e. The van der Waals surface area contributed by atoms with Gasteiger partial charge in [-0.15, -0.1) is 0 Å². The maximum Gasteiger partial charge on any atom is 0.482 e. The fourth-order valence-electron chi connectivity index (χ4n) is 15.0. The van der Waals surface area contributed by atoms with Crippen molar-refractivity contribution in [3.05, 3.63) is 0 Å². The molecule has 7 aliphatic carbocycles. The number of hydrogen-bond donors (Lipinski definition) is 0. The summed E-state index contributed by atoms with van der Waals surface area (Å²) in [7, 11) is -31.2. The molecule has 63 heavy (non-hydrogen) atoms. The van der Waals surface area contributed by atoms with E-state index in [2.05, 4.69) is 6.55 Å². The van der Waals surface area contributed by atoms with Gasteiger partial charge >= 0.3 is 70.4 Å². The van der Waals surface area contributed by atoms with Gasteiger partial charge in [0.25, 0.3) is 0 Å². The van der Waals surface area contributed by atoms with Gasteiger partial charge in [0.2, 0.25) is 0 Å². The minimum atomic E-state index is -3.94. The van der Waals surface area contributed by atoms with E-state index in [-0.39, 0.29) is 38.8 Å². The zero-order valence-corrected chi connectivity index (χ0v) is 46.7.